The quantitative estimate of drug-likeness (QED) is 0.710. The van der Waals surface area contributed by atoms with E-state index in [1.165, 1.54) is 77.3 Å². The van der Waals surface area contributed by atoms with Crippen LogP contribution in [0.5, 0.6) is 0 Å². The van der Waals surface area contributed by atoms with Crippen molar-refractivity contribution < 1.29 is 0 Å². The third-order valence-electron chi connectivity index (χ3n) is 5.50. The predicted octanol–water partition coefficient (Wildman–Crippen LogP) is 3.80. The van der Waals surface area contributed by atoms with Gasteiger partial charge in [-0.3, -0.25) is 4.90 Å². The Morgan fingerprint density at radius 1 is 1.05 bits per heavy atom. The lowest BCUT2D eigenvalue weighted by atomic mass is 9.75. The standard InChI is InChI=1S/C17H34N2/c1-2-3-4-5-10-17(13-18)19-12-11-15-8-6-7-9-16(15)14-19/h15-17H,2-14,18H2,1H3. The molecule has 2 rings (SSSR count). The summed E-state index contributed by atoms with van der Waals surface area (Å²) in [5.74, 6) is 2.04. The summed E-state index contributed by atoms with van der Waals surface area (Å²) in [5, 5.41) is 0. The summed E-state index contributed by atoms with van der Waals surface area (Å²) in [4.78, 5) is 2.73. The van der Waals surface area contributed by atoms with Crippen molar-refractivity contribution in [3.63, 3.8) is 0 Å². The SMILES string of the molecule is CCCCCCC(CN)N1CCC2CCCCC2C1. The molecule has 1 aliphatic heterocycles. The van der Waals surface area contributed by atoms with Crippen LogP contribution >= 0.6 is 0 Å². The first-order valence-electron chi connectivity index (χ1n) is 8.79. The Balaban J connectivity index is 1.75. The van der Waals surface area contributed by atoms with E-state index in [0.29, 0.717) is 6.04 Å². The number of fused-ring (bicyclic) bond motifs is 1. The summed E-state index contributed by atoms with van der Waals surface area (Å²) < 4.78 is 0. The van der Waals surface area contributed by atoms with Crippen molar-refractivity contribution in [2.75, 3.05) is 19.6 Å². The van der Waals surface area contributed by atoms with Crippen molar-refractivity contribution in [3.05, 3.63) is 0 Å². The van der Waals surface area contributed by atoms with Crippen LogP contribution in [-0.4, -0.2) is 30.6 Å². The molecule has 3 unspecified atom stereocenters. The lowest BCUT2D eigenvalue weighted by molar-refractivity contribution is 0.0555. The lowest BCUT2D eigenvalue weighted by Gasteiger charge is -2.44. The average Bonchev–Trinajstić information content (AvgIpc) is 2.47. The van der Waals surface area contributed by atoms with Crippen LogP contribution in [0.4, 0.5) is 0 Å². The van der Waals surface area contributed by atoms with Crippen molar-refractivity contribution in [1.82, 2.24) is 4.90 Å². The van der Waals surface area contributed by atoms with Crippen molar-refractivity contribution in [1.29, 1.82) is 0 Å². The zero-order chi connectivity index (χ0) is 13.5. The first-order valence-corrected chi connectivity index (χ1v) is 8.79. The lowest BCUT2D eigenvalue weighted by Crippen LogP contribution is -2.49. The molecular formula is C17H34N2. The summed E-state index contributed by atoms with van der Waals surface area (Å²) in [5.41, 5.74) is 6.04. The number of hydrogen-bond donors (Lipinski definition) is 1. The number of hydrogen-bond acceptors (Lipinski definition) is 2. The number of likely N-dealkylation sites (tertiary alicyclic amines) is 1. The Morgan fingerprint density at radius 3 is 2.58 bits per heavy atom. The fourth-order valence-corrected chi connectivity index (χ4v) is 4.22. The molecule has 1 saturated heterocycles. The van der Waals surface area contributed by atoms with Crippen LogP contribution < -0.4 is 5.73 Å². The first kappa shape index (κ1) is 15.3. The van der Waals surface area contributed by atoms with Gasteiger partial charge in [-0.05, 0) is 37.6 Å². The zero-order valence-corrected chi connectivity index (χ0v) is 12.9. The number of rotatable bonds is 7. The Morgan fingerprint density at radius 2 is 1.84 bits per heavy atom. The molecular weight excluding hydrogens is 232 g/mol. The molecule has 1 saturated carbocycles. The molecule has 1 aliphatic carbocycles. The van der Waals surface area contributed by atoms with Crippen LogP contribution in [0.3, 0.4) is 0 Å². The van der Waals surface area contributed by atoms with Gasteiger partial charge < -0.3 is 5.73 Å². The highest BCUT2D eigenvalue weighted by molar-refractivity contribution is 4.86. The van der Waals surface area contributed by atoms with Crippen LogP contribution in [0.2, 0.25) is 0 Å². The molecule has 0 aromatic rings. The van der Waals surface area contributed by atoms with Gasteiger partial charge in [-0.15, -0.1) is 0 Å². The normalized spacial score (nSPS) is 30.0. The summed E-state index contributed by atoms with van der Waals surface area (Å²) >= 11 is 0. The molecule has 3 atom stereocenters. The van der Waals surface area contributed by atoms with E-state index in [0.717, 1.165) is 18.4 Å². The van der Waals surface area contributed by atoms with E-state index in [4.69, 9.17) is 5.73 Å². The Bertz CT molecular complexity index is 241. The van der Waals surface area contributed by atoms with Gasteiger partial charge in [0.2, 0.25) is 0 Å². The molecule has 2 aliphatic rings. The molecule has 2 N–H and O–H groups in total. The van der Waals surface area contributed by atoms with Gasteiger partial charge in [-0.1, -0.05) is 51.9 Å². The van der Waals surface area contributed by atoms with Gasteiger partial charge in [0.1, 0.15) is 0 Å². The fraction of sp³-hybridized carbons (Fsp3) is 1.00. The number of unbranched alkanes of at least 4 members (excludes halogenated alkanes) is 3. The molecule has 1 heterocycles. The summed E-state index contributed by atoms with van der Waals surface area (Å²) in [6.45, 7) is 5.81. The number of nitrogens with two attached hydrogens (primary N) is 1. The van der Waals surface area contributed by atoms with Gasteiger partial charge in [-0.2, -0.15) is 0 Å². The summed E-state index contributed by atoms with van der Waals surface area (Å²) in [7, 11) is 0. The Hall–Kier alpha value is -0.0800. The topological polar surface area (TPSA) is 29.3 Å². The van der Waals surface area contributed by atoms with E-state index in [1.807, 2.05) is 0 Å². The van der Waals surface area contributed by atoms with Crippen molar-refractivity contribution in [2.45, 2.75) is 77.2 Å². The third-order valence-corrected chi connectivity index (χ3v) is 5.50. The maximum atomic E-state index is 6.04. The molecule has 0 aromatic heterocycles. The highest BCUT2D eigenvalue weighted by Crippen LogP contribution is 2.36. The molecule has 2 heteroatoms. The maximum absolute atomic E-state index is 6.04. The van der Waals surface area contributed by atoms with Crippen molar-refractivity contribution in [3.8, 4) is 0 Å². The number of nitrogens with zero attached hydrogens (tertiary/aromatic N) is 1. The largest absolute Gasteiger partial charge is 0.329 e. The van der Waals surface area contributed by atoms with Crippen molar-refractivity contribution in [2.24, 2.45) is 17.6 Å². The van der Waals surface area contributed by atoms with Crippen LogP contribution in [-0.2, 0) is 0 Å². The van der Waals surface area contributed by atoms with Crippen LogP contribution in [0.15, 0.2) is 0 Å². The first-order chi connectivity index (χ1) is 9.35. The minimum absolute atomic E-state index is 0.666. The van der Waals surface area contributed by atoms with Gasteiger partial charge in [0.05, 0.1) is 0 Å². The van der Waals surface area contributed by atoms with E-state index in [-0.39, 0.29) is 0 Å². The maximum Gasteiger partial charge on any atom is 0.0218 e. The predicted molar refractivity (Wildman–Crippen MR) is 83.2 cm³/mol. The van der Waals surface area contributed by atoms with Gasteiger partial charge in [-0.25, -0.2) is 0 Å². The Kier molecular flexibility index (Phi) is 6.66. The van der Waals surface area contributed by atoms with E-state index < -0.39 is 0 Å². The van der Waals surface area contributed by atoms with Crippen LogP contribution in [0.25, 0.3) is 0 Å². The summed E-state index contributed by atoms with van der Waals surface area (Å²) in [6, 6.07) is 0.666. The molecule has 19 heavy (non-hydrogen) atoms. The molecule has 112 valence electrons. The highest BCUT2D eigenvalue weighted by atomic mass is 15.2. The minimum atomic E-state index is 0.666. The van der Waals surface area contributed by atoms with E-state index in [2.05, 4.69) is 11.8 Å². The minimum Gasteiger partial charge on any atom is -0.329 e. The second-order valence-corrected chi connectivity index (χ2v) is 6.83. The third kappa shape index (κ3) is 4.46. The smallest absolute Gasteiger partial charge is 0.0218 e. The monoisotopic (exact) mass is 266 g/mol. The highest BCUT2D eigenvalue weighted by Gasteiger charge is 2.33. The van der Waals surface area contributed by atoms with E-state index in [1.54, 1.807) is 0 Å². The van der Waals surface area contributed by atoms with Gasteiger partial charge in [0.25, 0.3) is 0 Å². The van der Waals surface area contributed by atoms with E-state index >= 15 is 0 Å². The fourth-order valence-electron chi connectivity index (χ4n) is 4.22. The second kappa shape index (κ2) is 8.26. The molecule has 0 radical (unpaired) electrons. The molecule has 2 nitrogen and oxygen atoms in total. The average molecular weight is 266 g/mol. The number of piperidine rings is 1. The summed E-state index contributed by atoms with van der Waals surface area (Å²) in [6.07, 6.45) is 14.2. The molecule has 0 bridgehead atoms. The van der Waals surface area contributed by atoms with E-state index in [9.17, 15) is 0 Å². The van der Waals surface area contributed by atoms with Gasteiger partial charge in [0.15, 0.2) is 0 Å². The Labute approximate surface area is 120 Å². The van der Waals surface area contributed by atoms with Crippen molar-refractivity contribution >= 4 is 0 Å². The second-order valence-electron chi connectivity index (χ2n) is 6.83. The zero-order valence-electron chi connectivity index (χ0n) is 12.9. The molecule has 2 fully saturated rings. The van der Waals surface area contributed by atoms with Crippen LogP contribution in [0.1, 0.15) is 71.1 Å². The molecule has 0 aromatic carbocycles. The molecule has 0 amide bonds. The van der Waals surface area contributed by atoms with Gasteiger partial charge in [0, 0.05) is 19.1 Å². The van der Waals surface area contributed by atoms with Crippen LogP contribution in [0, 0.1) is 11.8 Å². The molecule has 0 spiro atoms. The van der Waals surface area contributed by atoms with Gasteiger partial charge >= 0.3 is 0 Å².